The third-order valence-electron chi connectivity index (χ3n) is 1.50. The molecule has 0 aromatic heterocycles. The van der Waals surface area contributed by atoms with Gasteiger partial charge in [-0.2, -0.15) is 0 Å². The van der Waals surface area contributed by atoms with E-state index < -0.39 is 7.27 Å². The molecule has 1 rings (SSSR count). The lowest BCUT2D eigenvalue weighted by Crippen LogP contribution is -2.40. The molecule has 1 heterocycles. The number of morpholine rings is 1. The maximum atomic E-state index is 11.7. The summed E-state index contributed by atoms with van der Waals surface area (Å²) in [5, 5.41) is 0. The van der Waals surface area contributed by atoms with Gasteiger partial charge in [0.05, 0.1) is 13.2 Å². The van der Waals surface area contributed by atoms with Crippen LogP contribution in [0.1, 0.15) is 0 Å². The van der Waals surface area contributed by atoms with Gasteiger partial charge in [0.25, 0.3) is 0 Å². The van der Waals surface area contributed by atoms with E-state index in [1.807, 2.05) is 0 Å². The molecule has 0 aromatic carbocycles. The molecule has 5 heteroatoms. The fraction of sp³-hybridized carbons (Fsp3) is 1.00. The van der Waals surface area contributed by atoms with E-state index in [0.29, 0.717) is 26.3 Å². The third-order valence-corrected chi connectivity index (χ3v) is 1.50. The van der Waals surface area contributed by atoms with Crippen molar-refractivity contribution in [2.24, 2.45) is 0 Å². The zero-order chi connectivity index (χ0) is 7.40. The van der Waals surface area contributed by atoms with Crippen molar-refractivity contribution in [2.75, 3.05) is 32.7 Å². The van der Waals surface area contributed by atoms with Crippen LogP contribution < -0.4 is 0 Å². The van der Waals surface area contributed by atoms with E-state index in [9.17, 15) is 8.63 Å². The first kappa shape index (κ1) is 7.95. The number of hydrogen-bond acceptors (Lipinski definition) is 2. The molecular weight excluding hydrogens is 139 g/mol. The van der Waals surface area contributed by atoms with Gasteiger partial charge in [-0.3, -0.25) is 0 Å². The van der Waals surface area contributed by atoms with Gasteiger partial charge in [-0.15, -0.1) is 0 Å². The second-order valence-electron chi connectivity index (χ2n) is 2.30. The van der Waals surface area contributed by atoms with Crippen molar-refractivity contribution >= 4 is 7.27 Å². The van der Waals surface area contributed by atoms with E-state index in [4.69, 9.17) is 4.74 Å². The highest BCUT2D eigenvalue weighted by atomic mass is 19.2. The Morgan fingerprint density at radius 3 is 2.40 bits per heavy atom. The van der Waals surface area contributed by atoms with Crippen LogP contribution in [0.3, 0.4) is 0 Å². The lowest BCUT2D eigenvalue weighted by atomic mass is 9.98. The minimum Gasteiger partial charge on any atom is -0.510 e. The Morgan fingerprint density at radius 1 is 1.30 bits per heavy atom. The standard InChI is InChI=1S/C5H10BF2NO/c7-6(8)5-9-1-3-10-4-2-9/h1-5H2/q-1. The van der Waals surface area contributed by atoms with Gasteiger partial charge in [0.2, 0.25) is 7.27 Å². The van der Waals surface area contributed by atoms with Crippen LogP contribution in [0.15, 0.2) is 0 Å². The molecule has 0 spiro atoms. The van der Waals surface area contributed by atoms with Gasteiger partial charge < -0.3 is 18.3 Å². The molecule has 0 atom stereocenters. The summed E-state index contributed by atoms with van der Waals surface area (Å²) in [6, 6.07) is 0. The molecule has 0 unspecified atom stereocenters. The number of hydrogen-bond donors (Lipinski definition) is 0. The molecule has 1 saturated heterocycles. The van der Waals surface area contributed by atoms with Crippen LogP contribution in [0.25, 0.3) is 0 Å². The second-order valence-corrected chi connectivity index (χ2v) is 2.30. The van der Waals surface area contributed by atoms with E-state index in [0.717, 1.165) is 0 Å². The van der Waals surface area contributed by atoms with E-state index >= 15 is 0 Å². The fourth-order valence-corrected chi connectivity index (χ4v) is 0.979. The monoisotopic (exact) mass is 149 g/mol. The molecule has 59 valence electrons. The summed E-state index contributed by atoms with van der Waals surface area (Å²) in [5.74, 6) is 0. The second kappa shape index (κ2) is 3.88. The Morgan fingerprint density at radius 2 is 1.90 bits per heavy atom. The highest BCUT2D eigenvalue weighted by Gasteiger charge is 2.09. The number of rotatable bonds is 2. The van der Waals surface area contributed by atoms with Gasteiger partial charge in [-0.05, 0) is 0 Å². The average molecular weight is 149 g/mol. The summed E-state index contributed by atoms with van der Waals surface area (Å²) < 4.78 is 28.5. The van der Waals surface area contributed by atoms with Crippen LogP contribution in [-0.4, -0.2) is 44.9 Å². The zero-order valence-electron chi connectivity index (χ0n) is 5.72. The van der Waals surface area contributed by atoms with Crippen LogP contribution in [0.2, 0.25) is 0 Å². The summed E-state index contributed by atoms with van der Waals surface area (Å²) in [5.41, 5.74) is 0. The van der Waals surface area contributed by atoms with Crippen molar-refractivity contribution in [2.45, 2.75) is 0 Å². The quantitative estimate of drug-likeness (QED) is 0.523. The molecular formula is C5H10BF2NO-. The summed E-state index contributed by atoms with van der Waals surface area (Å²) in [7, 11) is -2.21. The van der Waals surface area contributed by atoms with Crippen LogP contribution in [-0.2, 0) is 4.74 Å². The topological polar surface area (TPSA) is 12.5 Å². The Labute approximate surface area is 59.3 Å². The SMILES string of the molecule is F[B-](F)CN1CCOCC1. The van der Waals surface area contributed by atoms with Gasteiger partial charge in [0.1, 0.15) is 0 Å². The van der Waals surface area contributed by atoms with E-state index in [2.05, 4.69) is 0 Å². The molecule has 1 aliphatic rings. The van der Waals surface area contributed by atoms with E-state index in [1.54, 1.807) is 4.90 Å². The summed E-state index contributed by atoms with van der Waals surface area (Å²) in [4.78, 5) is 1.72. The smallest absolute Gasteiger partial charge is 0.244 e. The van der Waals surface area contributed by atoms with Crippen LogP contribution in [0, 0.1) is 0 Å². The van der Waals surface area contributed by atoms with Crippen molar-refractivity contribution in [3.05, 3.63) is 0 Å². The first-order chi connectivity index (χ1) is 4.79. The minimum absolute atomic E-state index is 0.108. The molecule has 0 bridgehead atoms. The van der Waals surface area contributed by atoms with Gasteiger partial charge in [-0.25, -0.2) is 0 Å². The summed E-state index contributed by atoms with van der Waals surface area (Å²) in [6.07, 6.45) is -0.108. The Bertz CT molecular complexity index is 97.6. The molecule has 0 aromatic rings. The third kappa shape index (κ3) is 2.62. The van der Waals surface area contributed by atoms with Crippen LogP contribution in [0.4, 0.5) is 8.63 Å². The lowest BCUT2D eigenvalue weighted by Gasteiger charge is -2.29. The number of nitrogens with zero attached hydrogens (tertiary/aromatic N) is 1. The summed E-state index contributed by atoms with van der Waals surface area (Å²) in [6.45, 7) is 2.47. The Balaban J connectivity index is 2.13. The highest BCUT2D eigenvalue weighted by Crippen LogP contribution is 1.98. The van der Waals surface area contributed by atoms with Gasteiger partial charge >= 0.3 is 0 Å². The van der Waals surface area contributed by atoms with Crippen molar-refractivity contribution in [1.29, 1.82) is 0 Å². The predicted octanol–water partition coefficient (Wildman–Crippen LogP) is 0.285. The maximum absolute atomic E-state index is 11.7. The minimum atomic E-state index is -2.21. The van der Waals surface area contributed by atoms with Gasteiger partial charge in [0.15, 0.2) is 0 Å². The van der Waals surface area contributed by atoms with Crippen molar-refractivity contribution in [1.82, 2.24) is 4.90 Å². The molecule has 2 nitrogen and oxygen atoms in total. The van der Waals surface area contributed by atoms with Crippen molar-refractivity contribution in [3.63, 3.8) is 0 Å². The van der Waals surface area contributed by atoms with Gasteiger partial charge in [-0.1, -0.05) is 6.44 Å². The molecule has 0 saturated carbocycles. The van der Waals surface area contributed by atoms with Gasteiger partial charge in [0, 0.05) is 13.1 Å². The first-order valence-electron chi connectivity index (χ1n) is 3.37. The first-order valence-corrected chi connectivity index (χ1v) is 3.37. The normalized spacial score (nSPS) is 21.9. The van der Waals surface area contributed by atoms with Crippen LogP contribution in [0.5, 0.6) is 0 Å². The fourth-order valence-electron chi connectivity index (χ4n) is 0.979. The largest absolute Gasteiger partial charge is 0.510 e. The molecule has 0 amide bonds. The predicted molar refractivity (Wildman–Crippen MR) is 35.2 cm³/mol. The van der Waals surface area contributed by atoms with Crippen molar-refractivity contribution in [3.8, 4) is 0 Å². The van der Waals surface area contributed by atoms with Crippen molar-refractivity contribution < 1.29 is 13.4 Å². The highest BCUT2D eigenvalue weighted by molar-refractivity contribution is 6.42. The molecule has 1 fully saturated rings. The Hall–Kier alpha value is -0.155. The zero-order valence-corrected chi connectivity index (χ0v) is 5.72. The number of ether oxygens (including phenoxy) is 1. The Kier molecular flexibility index (Phi) is 3.08. The lowest BCUT2D eigenvalue weighted by molar-refractivity contribution is 0.0445. The number of halogens is 2. The van der Waals surface area contributed by atoms with E-state index in [-0.39, 0.29) is 6.44 Å². The van der Waals surface area contributed by atoms with E-state index in [1.165, 1.54) is 0 Å². The summed E-state index contributed by atoms with van der Waals surface area (Å²) >= 11 is 0. The molecule has 1 aliphatic heterocycles. The molecule has 10 heavy (non-hydrogen) atoms. The average Bonchev–Trinajstić information content (AvgIpc) is 1.88. The van der Waals surface area contributed by atoms with Crippen LogP contribution >= 0.6 is 0 Å². The molecule has 0 N–H and O–H groups in total. The maximum Gasteiger partial charge on any atom is 0.244 e. The molecule has 0 aliphatic carbocycles. The molecule has 1 radical (unpaired) electrons.